The molecule has 0 aliphatic carbocycles. The predicted octanol–water partition coefficient (Wildman–Crippen LogP) is 4.49. The molecule has 0 fully saturated rings. The molecule has 1 N–H and O–H groups in total. The third kappa shape index (κ3) is 2.92. The van der Waals surface area contributed by atoms with Gasteiger partial charge in [0, 0.05) is 5.56 Å². The number of nitrogens with zero attached hydrogens (tertiary/aromatic N) is 3. The third-order valence-corrected chi connectivity index (χ3v) is 3.85. The number of aryl methyl sites for hydroxylation is 1. The maximum atomic E-state index is 13.7. The molecule has 0 saturated heterocycles. The van der Waals surface area contributed by atoms with E-state index in [0.717, 1.165) is 10.2 Å². The third-order valence-electron chi connectivity index (χ3n) is 3.58. The Morgan fingerprint density at radius 1 is 1.00 bits per heavy atom. The van der Waals surface area contributed by atoms with Crippen molar-refractivity contribution in [3.63, 3.8) is 0 Å². The van der Waals surface area contributed by atoms with Gasteiger partial charge < -0.3 is 0 Å². The fraction of sp³-hybridized carbons (Fsp3) is 0.0625. The molecule has 0 spiro atoms. The maximum Gasteiger partial charge on any atom is 0.216 e. The number of nitrogens with one attached hydrogen (secondary N) is 1. The van der Waals surface area contributed by atoms with Gasteiger partial charge in [0.25, 0.3) is 0 Å². The highest BCUT2D eigenvalue weighted by Crippen LogP contribution is 2.23. The van der Waals surface area contributed by atoms with Gasteiger partial charge in [-0.1, -0.05) is 24.3 Å². The van der Waals surface area contributed by atoms with Crippen LogP contribution in [0.2, 0.25) is 0 Å². The van der Waals surface area contributed by atoms with Crippen molar-refractivity contribution in [3.05, 3.63) is 69.2 Å². The van der Waals surface area contributed by atoms with E-state index < -0.39 is 34.6 Å². The van der Waals surface area contributed by atoms with Gasteiger partial charge in [0.05, 0.1) is 11.8 Å². The molecule has 0 saturated carbocycles. The quantitative estimate of drug-likeness (QED) is 0.238. The van der Waals surface area contributed by atoms with Crippen LogP contribution in [0.3, 0.4) is 0 Å². The summed E-state index contributed by atoms with van der Waals surface area (Å²) in [6.45, 7) is 1.80. The van der Waals surface area contributed by atoms with E-state index in [4.69, 9.17) is 12.2 Å². The highest BCUT2D eigenvalue weighted by atomic mass is 32.1. The summed E-state index contributed by atoms with van der Waals surface area (Å²) < 4.78 is 68.1. The molecular formula is C16H9F5N4S. The first-order chi connectivity index (χ1) is 12.3. The van der Waals surface area contributed by atoms with Crippen LogP contribution < -0.4 is 0 Å². The van der Waals surface area contributed by atoms with Gasteiger partial charge in [-0.2, -0.15) is 14.9 Å². The van der Waals surface area contributed by atoms with Crippen LogP contribution >= 0.6 is 12.2 Å². The Morgan fingerprint density at radius 3 is 2.19 bits per heavy atom. The summed E-state index contributed by atoms with van der Waals surface area (Å²) in [4.78, 5) is 0. The molecule has 3 aromatic rings. The summed E-state index contributed by atoms with van der Waals surface area (Å²) in [5.74, 6) is -10.1. The molecule has 0 atom stereocenters. The van der Waals surface area contributed by atoms with Gasteiger partial charge >= 0.3 is 0 Å². The first-order valence-electron chi connectivity index (χ1n) is 7.12. The van der Waals surface area contributed by atoms with Gasteiger partial charge in [0.15, 0.2) is 29.1 Å². The van der Waals surface area contributed by atoms with Crippen LogP contribution in [0.25, 0.3) is 11.4 Å². The lowest BCUT2D eigenvalue weighted by atomic mass is 10.1. The van der Waals surface area contributed by atoms with Gasteiger partial charge in [-0.25, -0.2) is 27.1 Å². The summed E-state index contributed by atoms with van der Waals surface area (Å²) in [7, 11) is 0. The second-order valence-corrected chi connectivity index (χ2v) is 5.59. The molecule has 4 nitrogen and oxygen atoms in total. The van der Waals surface area contributed by atoms with Crippen molar-refractivity contribution >= 4 is 18.4 Å². The molecule has 0 aliphatic heterocycles. The molecule has 0 aliphatic rings. The average Bonchev–Trinajstić information content (AvgIpc) is 2.99. The van der Waals surface area contributed by atoms with E-state index in [-0.39, 0.29) is 10.6 Å². The zero-order valence-corrected chi connectivity index (χ0v) is 13.8. The van der Waals surface area contributed by atoms with Crippen molar-refractivity contribution in [1.29, 1.82) is 0 Å². The fourth-order valence-electron chi connectivity index (χ4n) is 2.25. The minimum absolute atomic E-state index is 0.0247. The van der Waals surface area contributed by atoms with E-state index in [2.05, 4.69) is 15.3 Å². The molecule has 1 heterocycles. The molecular weight excluding hydrogens is 375 g/mol. The molecule has 26 heavy (non-hydrogen) atoms. The van der Waals surface area contributed by atoms with E-state index in [1.54, 1.807) is 31.2 Å². The minimum atomic E-state index is -2.24. The average molecular weight is 384 g/mol. The monoisotopic (exact) mass is 384 g/mol. The smallest absolute Gasteiger partial charge is 0.216 e. The zero-order chi connectivity index (χ0) is 19.0. The SMILES string of the molecule is Cc1ccccc1-c1n[nH]c(=S)n1/N=C/c1c(F)c(F)c(F)c(F)c1F. The van der Waals surface area contributed by atoms with Crippen molar-refractivity contribution in [1.82, 2.24) is 14.9 Å². The lowest BCUT2D eigenvalue weighted by molar-refractivity contribution is 0.377. The molecule has 2 aromatic carbocycles. The second-order valence-electron chi connectivity index (χ2n) is 5.21. The van der Waals surface area contributed by atoms with Gasteiger partial charge in [0.1, 0.15) is 0 Å². The first kappa shape index (κ1) is 17.9. The van der Waals surface area contributed by atoms with E-state index in [0.29, 0.717) is 11.8 Å². The summed E-state index contributed by atoms with van der Waals surface area (Å²) in [6.07, 6.45) is 0.503. The van der Waals surface area contributed by atoms with Crippen molar-refractivity contribution in [3.8, 4) is 11.4 Å². The molecule has 10 heteroatoms. The van der Waals surface area contributed by atoms with E-state index in [9.17, 15) is 22.0 Å². The van der Waals surface area contributed by atoms with Crippen LogP contribution in [0.15, 0.2) is 29.4 Å². The number of halogens is 5. The normalized spacial score (nSPS) is 11.5. The Morgan fingerprint density at radius 2 is 1.58 bits per heavy atom. The standard InChI is InChI=1S/C16H9F5N4S/c1-7-4-2-3-5-8(7)15-23-24-16(26)25(15)22-6-9-10(17)12(19)14(21)13(20)11(9)18/h2-6H,1H3,(H,24,26)/b22-6+. The highest BCUT2D eigenvalue weighted by molar-refractivity contribution is 7.71. The van der Waals surface area contributed by atoms with Crippen molar-refractivity contribution in [2.75, 3.05) is 0 Å². The Labute approximate surface area is 148 Å². The number of hydrogen-bond acceptors (Lipinski definition) is 3. The fourth-order valence-corrected chi connectivity index (χ4v) is 2.43. The Bertz CT molecular complexity index is 1060. The first-order valence-corrected chi connectivity index (χ1v) is 7.53. The van der Waals surface area contributed by atoms with Crippen molar-refractivity contribution < 1.29 is 22.0 Å². The zero-order valence-electron chi connectivity index (χ0n) is 13.0. The maximum absolute atomic E-state index is 13.7. The second kappa shape index (κ2) is 6.79. The molecule has 0 radical (unpaired) electrons. The molecule has 0 bridgehead atoms. The lowest BCUT2D eigenvalue weighted by Gasteiger charge is -2.06. The van der Waals surface area contributed by atoms with E-state index >= 15 is 0 Å². The lowest BCUT2D eigenvalue weighted by Crippen LogP contribution is -2.07. The predicted molar refractivity (Wildman–Crippen MR) is 86.8 cm³/mol. The summed E-state index contributed by atoms with van der Waals surface area (Å²) >= 11 is 5.01. The van der Waals surface area contributed by atoms with Crippen LogP contribution in [0.4, 0.5) is 22.0 Å². The van der Waals surface area contributed by atoms with Crippen LogP contribution in [0.1, 0.15) is 11.1 Å². The van der Waals surface area contributed by atoms with Gasteiger partial charge in [-0.3, -0.25) is 0 Å². The Hall–Kier alpha value is -2.88. The number of rotatable bonds is 3. The molecule has 0 amide bonds. The number of aromatic nitrogens is 3. The molecule has 0 unspecified atom stereocenters. The van der Waals surface area contributed by atoms with Gasteiger partial charge in [-0.15, -0.1) is 0 Å². The number of hydrogen-bond donors (Lipinski definition) is 1. The van der Waals surface area contributed by atoms with Crippen LogP contribution in [0.5, 0.6) is 0 Å². The van der Waals surface area contributed by atoms with Gasteiger partial charge in [0.2, 0.25) is 10.6 Å². The number of benzene rings is 2. The Balaban J connectivity index is 2.14. The van der Waals surface area contributed by atoms with Crippen LogP contribution in [-0.2, 0) is 0 Å². The Kier molecular flexibility index (Phi) is 4.68. The summed E-state index contributed by atoms with van der Waals surface area (Å²) in [5.41, 5.74) is 0.254. The molecule has 3 rings (SSSR count). The number of H-pyrrole nitrogens is 1. The topological polar surface area (TPSA) is 46.0 Å². The van der Waals surface area contributed by atoms with Gasteiger partial charge in [-0.05, 0) is 24.7 Å². The molecule has 1 aromatic heterocycles. The number of aromatic amines is 1. The highest BCUT2D eigenvalue weighted by Gasteiger charge is 2.24. The molecule has 134 valence electrons. The van der Waals surface area contributed by atoms with Crippen LogP contribution in [0, 0.1) is 40.8 Å². The minimum Gasteiger partial charge on any atom is -0.250 e. The van der Waals surface area contributed by atoms with E-state index in [1.165, 1.54) is 0 Å². The van der Waals surface area contributed by atoms with Crippen molar-refractivity contribution in [2.45, 2.75) is 6.92 Å². The summed E-state index contributed by atoms with van der Waals surface area (Å²) in [5, 5.41) is 10.2. The summed E-state index contributed by atoms with van der Waals surface area (Å²) in [6, 6.07) is 7.04. The van der Waals surface area contributed by atoms with Crippen LogP contribution in [-0.4, -0.2) is 21.1 Å². The largest absolute Gasteiger partial charge is 0.250 e. The van der Waals surface area contributed by atoms with Crippen molar-refractivity contribution in [2.24, 2.45) is 5.10 Å². The van der Waals surface area contributed by atoms with E-state index in [1.807, 2.05) is 0 Å².